The van der Waals surface area contributed by atoms with Crippen LogP contribution in [0.1, 0.15) is 6.42 Å². The van der Waals surface area contributed by atoms with Crippen molar-refractivity contribution in [3.8, 4) is 0 Å². The van der Waals surface area contributed by atoms with Gasteiger partial charge in [0.25, 0.3) is 0 Å². The van der Waals surface area contributed by atoms with Gasteiger partial charge in [-0.3, -0.25) is 4.52 Å². The maximum absolute atomic E-state index is 10.8. The van der Waals surface area contributed by atoms with Crippen LogP contribution in [0.3, 0.4) is 0 Å². The molecular formula is C14H17N3O10P2. The zero-order chi connectivity index (χ0) is 21.5. The third-order valence-corrected chi connectivity index (χ3v) is 4.22. The fraction of sp³-hybridized carbons (Fsp3) is 0.286. The van der Waals surface area contributed by atoms with Crippen molar-refractivity contribution in [1.82, 2.24) is 0 Å². The van der Waals surface area contributed by atoms with Gasteiger partial charge in [-0.25, -0.2) is 18.6 Å². The summed E-state index contributed by atoms with van der Waals surface area (Å²) in [5.41, 5.74) is 9.84. The zero-order valence-electron chi connectivity index (χ0n) is 14.6. The number of nitrogens with zero attached hydrogens (tertiary/aromatic N) is 3. The highest BCUT2D eigenvalue weighted by Gasteiger charge is 2.34. The van der Waals surface area contributed by atoms with Gasteiger partial charge in [-0.2, -0.15) is 4.79 Å². The van der Waals surface area contributed by atoms with Crippen molar-refractivity contribution < 1.29 is 52.0 Å². The van der Waals surface area contributed by atoms with Crippen LogP contribution in [-0.2, 0) is 27.7 Å². The van der Waals surface area contributed by atoms with Crippen LogP contribution in [0.4, 0.5) is 5.69 Å². The first-order valence-corrected chi connectivity index (χ1v) is 10.8. The lowest BCUT2D eigenvalue weighted by molar-refractivity contribution is -0.0579. The smallest absolute Gasteiger partial charge is 0.465 e. The molecule has 0 amide bonds. The lowest BCUT2D eigenvalue weighted by Crippen LogP contribution is -2.33. The summed E-state index contributed by atoms with van der Waals surface area (Å²) in [5, 5.41) is 0. The minimum Gasteiger partial charge on any atom is -0.465 e. The molecule has 158 valence electrons. The Balaban J connectivity index is 2.25. The molecule has 0 saturated carbocycles. The Kier molecular flexibility index (Phi) is 8.14. The van der Waals surface area contributed by atoms with E-state index >= 15 is 0 Å². The van der Waals surface area contributed by atoms with Gasteiger partial charge < -0.3 is 34.6 Å². The van der Waals surface area contributed by atoms with Crippen LogP contribution in [0.5, 0.6) is 0 Å². The van der Waals surface area contributed by atoms with Crippen molar-refractivity contribution in [3.63, 3.8) is 0 Å². The molecule has 1 unspecified atom stereocenters. The van der Waals surface area contributed by atoms with Crippen LogP contribution in [0, 0.1) is 0 Å². The fourth-order valence-corrected chi connectivity index (χ4v) is 2.54. The van der Waals surface area contributed by atoms with Crippen LogP contribution in [0.25, 0.3) is 5.53 Å². The molecule has 1 aromatic rings. The van der Waals surface area contributed by atoms with E-state index in [-0.39, 0.29) is 23.6 Å². The van der Waals surface area contributed by atoms with Gasteiger partial charge >= 0.3 is 21.4 Å². The predicted octanol–water partition coefficient (Wildman–Crippen LogP) is 1.25. The molecule has 0 fully saturated rings. The molecule has 1 aromatic carbocycles. The largest absolute Gasteiger partial charge is 0.472 e. The SMILES string of the molecule is [N-]=[N+]=C1C=C(OCOP(=O)(O)O)C(=Nc2ccccc2)CC1OCOP(=O)(O)O. The van der Waals surface area contributed by atoms with Gasteiger partial charge in [0.2, 0.25) is 0 Å². The number of hydrogen-bond acceptors (Lipinski definition) is 7. The van der Waals surface area contributed by atoms with Crippen LogP contribution in [0.2, 0.25) is 0 Å². The number of phosphoric ester groups is 2. The van der Waals surface area contributed by atoms with Gasteiger partial charge in [0, 0.05) is 6.42 Å². The molecule has 0 bridgehead atoms. The minimum absolute atomic E-state index is 0.00846. The average Bonchev–Trinajstić information content (AvgIpc) is 2.62. The lowest BCUT2D eigenvalue weighted by Gasteiger charge is -2.21. The monoisotopic (exact) mass is 449 g/mol. The molecule has 1 atom stereocenters. The fourth-order valence-electron chi connectivity index (χ4n) is 2.15. The highest BCUT2D eigenvalue weighted by Crippen LogP contribution is 2.36. The van der Waals surface area contributed by atoms with Crippen molar-refractivity contribution in [2.75, 3.05) is 13.6 Å². The number of para-hydroxylation sites is 1. The summed E-state index contributed by atoms with van der Waals surface area (Å²) in [7, 11) is -9.53. The standard InChI is InChI=1S/C14H17N3O10P2/c15-17-12-7-13(24-8-26-28(18,19)20)11(16-10-4-2-1-3-5-10)6-14(12)25-9-27-29(21,22)23/h1-5,7,14H,6,8-9H2,(H2,18,19,20)(H2,21,22,23). The van der Waals surface area contributed by atoms with E-state index < -0.39 is 35.3 Å². The van der Waals surface area contributed by atoms with Crippen molar-refractivity contribution in [2.45, 2.75) is 12.5 Å². The molecule has 15 heteroatoms. The van der Waals surface area contributed by atoms with Crippen molar-refractivity contribution in [1.29, 1.82) is 0 Å². The Hall–Kier alpha value is -2.01. The van der Waals surface area contributed by atoms with Gasteiger partial charge in [-0.15, -0.1) is 0 Å². The summed E-state index contributed by atoms with van der Waals surface area (Å²) < 4.78 is 40.4. The van der Waals surface area contributed by atoms with Gasteiger partial charge in [0.15, 0.2) is 25.4 Å². The Labute approximate surface area is 164 Å². The second kappa shape index (κ2) is 10.1. The first-order chi connectivity index (χ1) is 13.6. The van der Waals surface area contributed by atoms with Crippen LogP contribution in [0.15, 0.2) is 47.2 Å². The van der Waals surface area contributed by atoms with Gasteiger partial charge in [-0.05, 0) is 12.1 Å². The lowest BCUT2D eigenvalue weighted by atomic mass is 9.98. The van der Waals surface area contributed by atoms with Gasteiger partial charge in [0.05, 0.1) is 17.5 Å². The maximum atomic E-state index is 10.8. The molecule has 0 radical (unpaired) electrons. The average molecular weight is 449 g/mol. The second-order valence-corrected chi connectivity index (χ2v) is 7.89. The quantitative estimate of drug-likeness (QED) is 0.184. The van der Waals surface area contributed by atoms with Gasteiger partial charge in [-0.1, -0.05) is 18.2 Å². The summed E-state index contributed by atoms with van der Waals surface area (Å²) in [6, 6.07) is 8.59. The third kappa shape index (κ3) is 8.48. The molecule has 0 saturated heterocycles. The molecule has 0 aromatic heterocycles. The highest BCUT2D eigenvalue weighted by molar-refractivity contribution is 7.46. The Morgan fingerprint density at radius 3 is 2.28 bits per heavy atom. The summed E-state index contributed by atoms with van der Waals surface area (Å²) in [6.07, 6.45) is 0.112. The highest BCUT2D eigenvalue weighted by atomic mass is 31.2. The summed E-state index contributed by atoms with van der Waals surface area (Å²) >= 11 is 0. The predicted molar refractivity (Wildman–Crippen MR) is 96.8 cm³/mol. The molecule has 0 spiro atoms. The number of hydrogen-bond donors (Lipinski definition) is 4. The maximum Gasteiger partial charge on any atom is 0.472 e. The van der Waals surface area contributed by atoms with E-state index in [0.717, 1.165) is 0 Å². The van der Waals surface area contributed by atoms with E-state index in [4.69, 9.17) is 29.0 Å². The topological polar surface area (TPSA) is 201 Å². The molecule has 4 N–H and O–H groups in total. The molecule has 13 nitrogen and oxygen atoms in total. The first kappa shape index (κ1) is 23.3. The number of benzene rings is 1. The molecular weight excluding hydrogens is 432 g/mol. The number of ether oxygens (including phenoxy) is 2. The van der Waals surface area contributed by atoms with Gasteiger partial charge in [0.1, 0.15) is 0 Å². The van der Waals surface area contributed by atoms with E-state index in [1.807, 2.05) is 0 Å². The number of aliphatic imine (C=N–C) groups is 1. The Bertz CT molecular complexity index is 917. The summed E-state index contributed by atoms with van der Waals surface area (Å²) in [4.78, 5) is 42.3. The molecule has 29 heavy (non-hydrogen) atoms. The number of phosphoric acid groups is 2. The molecule has 2 rings (SSSR count). The second-order valence-electron chi connectivity index (χ2n) is 5.41. The van der Waals surface area contributed by atoms with Crippen LogP contribution in [-0.4, -0.2) is 55.5 Å². The zero-order valence-corrected chi connectivity index (χ0v) is 16.4. The molecule has 1 aliphatic carbocycles. The minimum atomic E-state index is -4.77. The molecule has 0 aliphatic heterocycles. The van der Waals surface area contributed by atoms with Crippen LogP contribution < -0.4 is 0 Å². The molecule has 0 heterocycles. The van der Waals surface area contributed by atoms with E-state index in [2.05, 4.69) is 18.8 Å². The number of rotatable bonds is 9. The summed E-state index contributed by atoms with van der Waals surface area (Å²) in [6.45, 7) is -1.60. The van der Waals surface area contributed by atoms with E-state index in [9.17, 15) is 14.7 Å². The van der Waals surface area contributed by atoms with Crippen molar-refractivity contribution >= 4 is 32.8 Å². The molecule has 1 aliphatic rings. The number of allylic oxidation sites excluding steroid dienone is 1. The van der Waals surface area contributed by atoms with E-state index in [1.165, 1.54) is 6.08 Å². The van der Waals surface area contributed by atoms with Crippen LogP contribution >= 0.6 is 15.6 Å². The first-order valence-electron chi connectivity index (χ1n) is 7.78. The van der Waals surface area contributed by atoms with Crippen molar-refractivity contribution in [3.05, 3.63) is 47.7 Å². The normalized spacial score (nSPS) is 19.0. The van der Waals surface area contributed by atoms with E-state index in [0.29, 0.717) is 5.69 Å². The van der Waals surface area contributed by atoms with E-state index in [1.54, 1.807) is 30.3 Å². The summed E-state index contributed by atoms with van der Waals surface area (Å²) in [5.74, 6) is -0.00846. The van der Waals surface area contributed by atoms with Crippen molar-refractivity contribution in [2.24, 2.45) is 4.99 Å². The Morgan fingerprint density at radius 1 is 1.07 bits per heavy atom. The third-order valence-electron chi connectivity index (χ3n) is 3.33. The Morgan fingerprint density at radius 2 is 1.69 bits per heavy atom.